The smallest absolute Gasteiger partial charge is 0.326 e. The molecule has 2 aromatic rings. The first kappa shape index (κ1) is 54.8. The van der Waals surface area contributed by atoms with Crippen molar-refractivity contribution in [1.29, 1.82) is 0 Å². The molecular weight excluding hydrogens is 879 g/mol. The number of nitrogens with two attached hydrogens (primary N) is 6. The minimum absolute atomic E-state index is 0.0141. The van der Waals surface area contributed by atoms with Crippen LogP contribution in [0.4, 0.5) is 0 Å². The number of amides is 6. The summed E-state index contributed by atoms with van der Waals surface area (Å²) in [4.78, 5) is 105. The fraction of sp³-hybridized carbons (Fsp3) is 0.463. The van der Waals surface area contributed by atoms with E-state index in [0.717, 1.165) is 0 Å². The third-order valence-electron chi connectivity index (χ3n) is 9.56. The normalized spacial score (nSPS) is 13.4. The van der Waals surface area contributed by atoms with Gasteiger partial charge in [0.2, 0.25) is 35.4 Å². The Morgan fingerprint density at radius 1 is 0.530 bits per heavy atom. The molecule has 25 heteroatoms. The summed E-state index contributed by atoms with van der Waals surface area (Å²) in [6.45, 7) is 1.65. The predicted molar refractivity (Wildman–Crippen MR) is 250 cm³/mol. The number of nitrogens with zero attached hydrogens (tertiary/aromatic N) is 3. The van der Waals surface area contributed by atoms with Crippen molar-refractivity contribution in [2.75, 3.05) is 25.4 Å². The van der Waals surface area contributed by atoms with Gasteiger partial charge < -0.3 is 76.5 Å². The van der Waals surface area contributed by atoms with Crippen LogP contribution in [0.2, 0.25) is 0 Å². The van der Waals surface area contributed by atoms with Crippen molar-refractivity contribution in [1.82, 2.24) is 31.9 Å². The Bertz CT molecular complexity index is 2010. The van der Waals surface area contributed by atoms with E-state index in [1.807, 2.05) is 0 Å². The highest BCUT2D eigenvalue weighted by Crippen LogP contribution is 2.14. The van der Waals surface area contributed by atoms with Gasteiger partial charge in [-0.3, -0.25) is 43.7 Å². The summed E-state index contributed by atoms with van der Waals surface area (Å²) in [6, 6.07) is 6.48. The molecule has 0 unspecified atom stereocenters. The van der Waals surface area contributed by atoms with Crippen molar-refractivity contribution in [3.8, 4) is 5.75 Å². The first-order valence-electron chi connectivity index (χ1n) is 20.9. The molecule has 2 aromatic carbocycles. The minimum Gasteiger partial charge on any atom is -0.508 e. The number of benzene rings is 2. The Morgan fingerprint density at radius 2 is 0.894 bits per heavy atom. The number of thiol groups is 1. The number of rotatable bonds is 29. The summed E-state index contributed by atoms with van der Waals surface area (Å²) in [5.74, 6) is -6.81. The molecule has 6 amide bonds. The summed E-state index contributed by atoms with van der Waals surface area (Å²) in [7, 11) is 0. The number of carbonyl (C=O) groups excluding carboxylic acids is 6. The molecule has 0 aromatic heterocycles. The third kappa shape index (κ3) is 21.9. The molecule has 66 heavy (non-hydrogen) atoms. The average molecular weight is 942 g/mol. The number of aliphatic carboxylic acids is 1. The number of carboxylic acids is 1. The van der Waals surface area contributed by atoms with Gasteiger partial charge in [-0.05, 0) is 68.7 Å². The summed E-state index contributed by atoms with van der Waals surface area (Å²) in [5, 5.41) is 35.4. The van der Waals surface area contributed by atoms with Gasteiger partial charge in [0.1, 0.15) is 42.0 Å². The fourth-order valence-corrected chi connectivity index (χ4v) is 6.27. The van der Waals surface area contributed by atoms with Crippen LogP contribution < -0.4 is 66.3 Å². The molecule has 0 spiro atoms. The monoisotopic (exact) mass is 941 g/mol. The van der Waals surface area contributed by atoms with Crippen molar-refractivity contribution >= 4 is 71.9 Å². The lowest BCUT2D eigenvalue weighted by Gasteiger charge is -2.27. The number of carbonyl (C=O) groups is 7. The SMILES string of the molecule is C[C@H](NC(=O)CS)C(=O)N[C@@H](CCCN=C(N)N)C(=O)N[C@@H](Cc1ccc(O)cc1)C(=O)N[C@@H](Cc1ccccc1)C(=O)N[C@@H](CCCN=C(N)N)C(=O)N[C@H](CCCN=C(N)N)C(=O)O. The van der Waals surface area contributed by atoms with Crippen LogP contribution in [0.15, 0.2) is 69.6 Å². The van der Waals surface area contributed by atoms with Gasteiger partial charge >= 0.3 is 5.97 Å². The van der Waals surface area contributed by atoms with Crippen LogP contribution in [0.1, 0.15) is 56.6 Å². The van der Waals surface area contributed by atoms with E-state index in [9.17, 15) is 43.8 Å². The number of phenols is 1. The van der Waals surface area contributed by atoms with Crippen molar-refractivity contribution in [3.63, 3.8) is 0 Å². The van der Waals surface area contributed by atoms with E-state index in [4.69, 9.17) is 34.4 Å². The Balaban J connectivity index is 2.53. The highest BCUT2D eigenvalue weighted by Gasteiger charge is 2.33. The molecule has 20 N–H and O–H groups in total. The number of hydrogen-bond acceptors (Lipinski definition) is 12. The van der Waals surface area contributed by atoms with Gasteiger partial charge in [-0.25, -0.2) is 4.79 Å². The van der Waals surface area contributed by atoms with E-state index in [1.54, 1.807) is 30.3 Å². The molecule has 0 radical (unpaired) electrons. The van der Waals surface area contributed by atoms with Crippen LogP contribution >= 0.6 is 12.6 Å². The molecule has 24 nitrogen and oxygen atoms in total. The van der Waals surface area contributed by atoms with E-state index in [0.29, 0.717) is 11.1 Å². The lowest BCUT2D eigenvalue weighted by atomic mass is 10.0. The van der Waals surface area contributed by atoms with E-state index < -0.39 is 77.7 Å². The highest BCUT2D eigenvalue weighted by atomic mass is 32.1. The van der Waals surface area contributed by atoms with Gasteiger partial charge in [-0.1, -0.05) is 42.5 Å². The summed E-state index contributed by atoms with van der Waals surface area (Å²) in [6.07, 6.45) is 0.154. The van der Waals surface area contributed by atoms with Crippen molar-refractivity contribution in [2.45, 2.75) is 94.5 Å². The first-order chi connectivity index (χ1) is 31.3. The van der Waals surface area contributed by atoms with Crippen LogP contribution in [0, 0.1) is 0 Å². The molecular formula is C41H63N15O9S. The van der Waals surface area contributed by atoms with Gasteiger partial charge in [0.15, 0.2) is 17.9 Å². The number of hydrogen-bond donors (Lipinski definition) is 15. The zero-order valence-corrected chi connectivity index (χ0v) is 37.5. The Kier molecular flexibility index (Phi) is 24.3. The Hall–Kier alpha value is -7.31. The predicted octanol–water partition coefficient (Wildman–Crippen LogP) is -3.72. The largest absolute Gasteiger partial charge is 0.508 e. The number of guanidine groups is 3. The quantitative estimate of drug-likeness (QED) is 0.0161. The van der Waals surface area contributed by atoms with Crippen LogP contribution in [0.25, 0.3) is 0 Å². The molecule has 0 aliphatic heterocycles. The number of aliphatic imine (C=N–C) groups is 3. The molecule has 0 saturated heterocycles. The fourth-order valence-electron chi connectivity index (χ4n) is 6.18. The Labute approximate surface area is 387 Å². The van der Waals surface area contributed by atoms with Crippen LogP contribution in [-0.2, 0) is 46.4 Å². The van der Waals surface area contributed by atoms with Gasteiger partial charge in [0.05, 0.1) is 5.75 Å². The summed E-state index contributed by atoms with van der Waals surface area (Å²) >= 11 is 3.91. The van der Waals surface area contributed by atoms with Gasteiger partial charge in [0, 0.05) is 32.5 Å². The van der Waals surface area contributed by atoms with E-state index in [1.165, 1.54) is 31.2 Å². The van der Waals surface area contributed by atoms with Crippen molar-refractivity contribution in [3.05, 3.63) is 65.7 Å². The van der Waals surface area contributed by atoms with Crippen LogP contribution in [0.5, 0.6) is 5.75 Å². The van der Waals surface area contributed by atoms with Gasteiger partial charge in [-0.2, -0.15) is 12.6 Å². The first-order valence-corrected chi connectivity index (χ1v) is 21.6. The average Bonchev–Trinajstić information content (AvgIpc) is 3.26. The number of nitrogens with one attached hydrogen (secondary N) is 6. The second-order valence-electron chi connectivity index (χ2n) is 15.0. The molecule has 0 aliphatic carbocycles. The molecule has 0 heterocycles. The second-order valence-corrected chi connectivity index (χ2v) is 15.3. The van der Waals surface area contributed by atoms with Gasteiger partial charge in [0.25, 0.3) is 0 Å². The third-order valence-corrected chi connectivity index (χ3v) is 9.84. The summed E-state index contributed by atoms with van der Waals surface area (Å²) < 4.78 is 0. The minimum atomic E-state index is -1.42. The van der Waals surface area contributed by atoms with Crippen molar-refractivity contribution < 1.29 is 43.8 Å². The van der Waals surface area contributed by atoms with E-state index >= 15 is 0 Å². The Morgan fingerprint density at radius 3 is 1.30 bits per heavy atom. The van der Waals surface area contributed by atoms with Gasteiger partial charge in [-0.15, -0.1) is 0 Å². The standard InChI is InChI=1S/C41H63N15O9S/c1-23(51-32(58)22-66)33(59)52-27(10-5-17-48-39(42)43)35(61)55-31(21-25-13-15-26(57)16-14-25)37(63)56-30(20-24-8-3-2-4-9-24)36(62)53-28(11-6-18-49-40(44)45)34(60)54-29(38(64)65)12-7-19-50-41(46)47/h2-4,8-9,13-16,23,27-31,57,66H,5-7,10-12,17-22H2,1H3,(H,51,58)(H,52,59)(H,53,62)(H,54,60)(H,55,61)(H,56,63)(H,64,65)(H4,42,43,48)(H4,44,45,49)(H4,46,47,50)/t23-,27-,28-,29+,30-,31-/m0/s1. The maximum absolute atomic E-state index is 14.4. The number of carboxylic acid groups (broad SMARTS) is 1. The van der Waals surface area contributed by atoms with Crippen LogP contribution in [0.3, 0.4) is 0 Å². The molecule has 6 atom stereocenters. The highest BCUT2D eigenvalue weighted by molar-refractivity contribution is 7.81. The maximum Gasteiger partial charge on any atom is 0.326 e. The maximum atomic E-state index is 14.4. The van der Waals surface area contributed by atoms with E-state index in [-0.39, 0.29) is 100 Å². The zero-order chi connectivity index (χ0) is 49.2. The zero-order valence-electron chi connectivity index (χ0n) is 36.7. The lowest BCUT2D eigenvalue weighted by molar-refractivity contribution is -0.142. The van der Waals surface area contributed by atoms with E-state index in [2.05, 4.69) is 59.5 Å². The molecule has 0 fully saturated rings. The molecule has 362 valence electrons. The second kappa shape index (κ2) is 29.2. The molecule has 2 rings (SSSR count). The number of phenolic OH excluding ortho intramolecular Hbond substituents is 1. The van der Waals surface area contributed by atoms with Crippen molar-refractivity contribution in [2.24, 2.45) is 49.4 Å². The van der Waals surface area contributed by atoms with Crippen LogP contribution in [-0.4, -0.2) is 131 Å². The molecule has 0 aliphatic rings. The summed E-state index contributed by atoms with van der Waals surface area (Å²) in [5.41, 5.74) is 33.6. The molecule has 0 saturated carbocycles. The topological polar surface area (TPSA) is 425 Å². The lowest BCUT2D eigenvalue weighted by Crippen LogP contribution is -2.60. The number of aromatic hydroxyl groups is 1. The molecule has 0 bridgehead atoms.